The zero-order valence-corrected chi connectivity index (χ0v) is 21.9. The van der Waals surface area contributed by atoms with Crippen molar-refractivity contribution in [2.45, 2.75) is 32.2 Å². The molecule has 0 radical (unpaired) electrons. The minimum atomic E-state index is 0.216. The SMILES string of the molecule is COCCN1CCC(n2nc(-c3ccc(Nc4nc5cccc(C(C)C)c5o4)cc3)c3c(N)ncnc32)C1. The van der Waals surface area contributed by atoms with Crippen LogP contribution in [0, 0.1) is 0 Å². The van der Waals surface area contributed by atoms with Crippen LogP contribution in [0.25, 0.3) is 33.4 Å². The number of methoxy groups -OCH3 is 1. The molecule has 10 heteroatoms. The zero-order chi connectivity index (χ0) is 26.2. The van der Waals surface area contributed by atoms with Gasteiger partial charge < -0.3 is 20.2 Å². The van der Waals surface area contributed by atoms with Crippen LogP contribution in [0.4, 0.5) is 17.5 Å². The predicted octanol–water partition coefficient (Wildman–Crippen LogP) is 4.98. The van der Waals surface area contributed by atoms with Gasteiger partial charge >= 0.3 is 0 Å². The van der Waals surface area contributed by atoms with Gasteiger partial charge in [0, 0.05) is 38.0 Å². The number of hydrogen-bond donors (Lipinski definition) is 2. The number of likely N-dealkylation sites (tertiary alicyclic amines) is 1. The van der Waals surface area contributed by atoms with E-state index in [1.165, 1.54) is 6.33 Å². The Morgan fingerprint density at radius 1 is 1.16 bits per heavy atom. The second-order valence-corrected chi connectivity index (χ2v) is 10.1. The van der Waals surface area contributed by atoms with E-state index in [2.05, 4.69) is 45.1 Å². The summed E-state index contributed by atoms with van der Waals surface area (Å²) < 4.78 is 13.3. The van der Waals surface area contributed by atoms with E-state index in [-0.39, 0.29) is 6.04 Å². The third kappa shape index (κ3) is 4.46. The minimum absolute atomic E-state index is 0.216. The molecule has 1 saturated heterocycles. The van der Waals surface area contributed by atoms with Gasteiger partial charge in [-0.1, -0.05) is 38.1 Å². The molecule has 0 aliphatic carbocycles. The van der Waals surface area contributed by atoms with Crippen molar-refractivity contribution in [3.05, 3.63) is 54.4 Å². The molecule has 3 aromatic heterocycles. The molecule has 38 heavy (non-hydrogen) atoms. The number of ether oxygens (including phenoxy) is 1. The molecule has 0 saturated carbocycles. The van der Waals surface area contributed by atoms with Crippen LogP contribution in [0.2, 0.25) is 0 Å². The van der Waals surface area contributed by atoms with Crippen molar-refractivity contribution in [2.24, 2.45) is 0 Å². The second-order valence-electron chi connectivity index (χ2n) is 10.1. The summed E-state index contributed by atoms with van der Waals surface area (Å²) in [5, 5.41) is 9.08. The molecule has 1 fully saturated rings. The lowest BCUT2D eigenvalue weighted by Crippen LogP contribution is -2.25. The second kappa shape index (κ2) is 10.0. The smallest absolute Gasteiger partial charge is 0.300 e. The Bertz CT molecular complexity index is 1570. The summed E-state index contributed by atoms with van der Waals surface area (Å²) in [5.74, 6) is 0.780. The summed E-state index contributed by atoms with van der Waals surface area (Å²) in [5.41, 5.74) is 12.5. The van der Waals surface area contributed by atoms with E-state index in [0.29, 0.717) is 17.8 Å². The van der Waals surface area contributed by atoms with Gasteiger partial charge in [0.1, 0.15) is 23.4 Å². The number of para-hydroxylation sites is 1. The molecule has 1 atom stereocenters. The van der Waals surface area contributed by atoms with Gasteiger partial charge in [0.2, 0.25) is 0 Å². The van der Waals surface area contributed by atoms with Crippen LogP contribution in [0.1, 0.15) is 37.8 Å². The number of nitrogen functional groups attached to an aromatic ring is 1. The van der Waals surface area contributed by atoms with E-state index in [0.717, 1.165) is 77.3 Å². The fourth-order valence-electron chi connectivity index (χ4n) is 5.20. The fourth-order valence-corrected chi connectivity index (χ4v) is 5.20. The molecule has 3 N–H and O–H groups in total. The summed E-state index contributed by atoms with van der Waals surface area (Å²) in [6.07, 6.45) is 2.51. The highest BCUT2D eigenvalue weighted by Gasteiger charge is 2.28. The van der Waals surface area contributed by atoms with Gasteiger partial charge in [0.25, 0.3) is 6.01 Å². The van der Waals surface area contributed by atoms with Crippen molar-refractivity contribution in [1.29, 1.82) is 0 Å². The highest BCUT2D eigenvalue weighted by Crippen LogP contribution is 2.35. The molecular formula is C28H32N8O2. The minimum Gasteiger partial charge on any atom is -0.423 e. The van der Waals surface area contributed by atoms with Gasteiger partial charge in [-0.25, -0.2) is 14.6 Å². The Morgan fingerprint density at radius 3 is 2.79 bits per heavy atom. The number of fused-ring (bicyclic) bond motifs is 2. The number of anilines is 3. The Hall–Kier alpha value is -4.02. The third-order valence-electron chi connectivity index (χ3n) is 7.20. The largest absolute Gasteiger partial charge is 0.423 e. The van der Waals surface area contributed by atoms with E-state index in [4.69, 9.17) is 20.0 Å². The van der Waals surface area contributed by atoms with Gasteiger partial charge in [0.15, 0.2) is 11.2 Å². The first-order valence-corrected chi connectivity index (χ1v) is 13.0. The number of oxazole rings is 1. The van der Waals surface area contributed by atoms with Crippen LogP contribution in [0.15, 0.2) is 53.2 Å². The Labute approximate surface area is 220 Å². The molecule has 0 bridgehead atoms. The molecule has 10 nitrogen and oxygen atoms in total. The summed E-state index contributed by atoms with van der Waals surface area (Å²) >= 11 is 0. The first-order chi connectivity index (χ1) is 18.5. The average molecular weight is 513 g/mol. The number of aromatic nitrogens is 5. The summed E-state index contributed by atoms with van der Waals surface area (Å²) in [6.45, 7) is 7.82. The summed E-state index contributed by atoms with van der Waals surface area (Å²) in [6, 6.07) is 14.7. The lowest BCUT2D eigenvalue weighted by Gasteiger charge is -2.15. The molecule has 6 rings (SSSR count). The zero-order valence-electron chi connectivity index (χ0n) is 21.9. The molecule has 0 amide bonds. The topological polar surface area (TPSA) is 120 Å². The monoisotopic (exact) mass is 512 g/mol. The molecule has 1 unspecified atom stereocenters. The molecule has 2 aromatic carbocycles. The van der Waals surface area contributed by atoms with E-state index < -0.39 is 0 Å². The van der Waals surface area contributed by atoms with Crippen LogP contribution in [-0.4, -0.2) is 63.0 Å². The van der Waals surface area contributed by atoms with Crippen LogP contribution in [0.5, 0.6) is 0 Å². The van der Waals surface area contributed by atoms with Gasteiger partial charge in [0.05, 0.1) is 18.0 Å². The Kier molecular flexibility index (Phi) is 6.42. The highest BCUT2D eigenvalue weighted by atomic mass is 16.5. The van der Waals surface area contributed by atoms with Crippen molar-refractivity contribution >= 4 is 39.7 Å². The van der Waals surface area contributed by atoms with E-state index in [9.17, 15) is 0 Å². The maximum atomic E-state index is 6.34. The van der Waals surface area contributed by atoms with Crippen molar-refractivity contribution in [1.82, 2.24) is 29.6 Å². The third-order valence-corrected chi connectivity index (χ3v) is 7.20. The summed E-state index contributed by atoms with van der Waals surface area (Å²) in [4.78, 5) is 15.8. The lowest BCUT2D eigenvalue weighted by molar-refractivity contribution is 0.159. The van der Waals surface area contributed by atoms with Crippen LogP contribution >= 0.6 is 0 Å². The highest BCUT2D eigenvalue weighted by molar-refractivity contribution is 5.98. The van der Waals surface area contributed by atoms with E-state index in [1.54, 1.807) is 7.11 Å². The Morgan fingerprint density at radius 2 is 2.00 bits per heavy atom. The molecular weight excluding hydrogens is 480 g/mol. The number of nitrogens with one attached hydrogen (secondary N) is 1. The lowest BCUT2D eigenvalue weighted by atomic mass is 10.0. The average Bonchev–Trinajstić information content (AvgIpc) is 3.64. The first-order valence-electron chi connectivity index (χ1n) is 13.0. The van der Waals surface area contributed by atoms with Crippen molar-refractivity contribution < 1.29 is 9.15 Å². The van der Waals surface area contributed by atoms with Crippen LogP contribution in [-0.2, 0) is 4.74 Å². The molecule has 5 aromatic rings. The van der Waals surface area contributed by atoms with E-state index >= 15 is 0 Å². The summed E-state index contributed by atoms with van der Waals surface area (Å²) in [7, 11) is 1.73. The number of rotatable bonds is 8. The van der Waals surface area contributed by atoms with Gasteiger partial charge in [-0.2, -0.15) is 10.1 Å². The van der Waals surface area contributed by atoms with Crippen molar-refractivity contribution in [3.63, 3.8) is 0 Å². The fraction of sp³-hybridized carbons (Fsp3) is 0.357. The molecule has 0 spiro atoms. The maximum Gasteiger partial charge on any atom is 0.300 e. The standard InChI is InChI=1S/C28H32N8O2/c1-17(2)21-5-4-6-22-25(21)38-28(33-22)32-19-9-7-18(8-10-19)24-23-26(29)30-16-31-27(23)36(34-24)20-11-12-35(15-20)13-14-37-3/h4-10,16-17,20H,11-15H2,1-3H3,(H,32,33)(H2,29,30,31). The van der Waals surface area contributed by atoms with Gasteiger partial charge in [-0.3, -0.25) is 4.90 Å². The number of benzene rings is 2. The van der Waals surface area contributed by atoms with E-state index in [1.807, 2.05) is 41.1 Å². The van der Waals surface area contributed by atoms with Gasteiger partial charge in [-0.05, 0) is 36.1 Å². The number of nitrogens with zero attached hydrogens (tertiary/aromatic N) is 6. The number of hydrogen-bond acceptors (Lipinski definition) is 9. The van der Waals surface area contributed by atoms with Crippen LogP contribution in [0.3, 0.4) is 0 Å². The molecule has 196 valence electrons. The first kappa shape index (κ1) is 24.3. The normalized spacial score (nSPS) is 16.3. The molecule has 1 aliphatic heterocycles. The quantitative estimate of drug-likeness (QED) is 0.297. The maximum absolute atomic E-state index is 6.34. The van der Waals surface area contributed by atoms with Crippen LogP contribution < -0.4 is 11.1 Å². The predicted molar refractivity (Wildman–Crippen MR) is 149 cm³/mol. The molecule has 1 aliphatic rings. The van der Waals surface area contributed by atoms with Gasteiger partial charge in [-0.15, -0.1) is 0 Å². The molecule has 4 heterocycles. The van der Waals surface area contributed by atoms with Crippen molar-refractivity contribution in [3.8, 4) is 11.3 Å². The van der Waals surface area contributed by atoms with Crippen molar-refractivity contribution in [2.75, 3.05) is 44.4 Å². The number of nitrogens with two attached hydrogens (primary N) is 1. The Balaban J connectivity index is 1.28.